The number of esters is 1. The van der Waals surface area contributed by atoms with Gasteiger partial charge in [0.2, 0.25) is 11.7 Å². The standard InChI is InChI=1S/C33H42N2O9/c1-5-21(2)31(39)32(40)35-18-7-6-11-25(35)33(41)44-26(14-12-22-13-15-27(42-3)28(19-22)43-4)23-9-8-10-24(20-23)34-29(36)16-17-30(37)38/h8-10,13,15,19-21,25-26H,5-7,11-12,14,16-18H2,1-4H3,(H,34,36)(H,37,38)/t21-,25+,26-/m1/s1. The van der Waals surface area contributed by atoms with E-state index in [0.29, 0.717) is 61.4 Å². The Labute approximate surface area is 257 Å². The second kappa shape index (κ2) is 16.4. The Morgan fingerprint density at radius 2 is 1.75 bits per heavy atom. The lowest BCUT2D eigenvalue weighted by atomic mass is 9.97. The fraction of sp³-hybridized carbons (Fsp3) is 0.485. The van der Waals surface area contributed by atoms with Crippen LogP contribution in [0.1, 0.15) is 76.0 Å². The van der Waals surface area contributed by atoms with Crippen molar-refractivity contribution in [2.24, 2.45) is 5.92 Å². The van der Waals surface area contributed by atoms with Crippen LogP contribution >= 0.6 is 0 Å². The zero-order chi connectivity index (χ0) is 32.2. The maximum absolute atomic E-state index is 13.7. The third-order valence-electron chi connectivity index (χ3n) is 7.82. The van der Waals surface area contributed by atoms with Gasteiger partial charge in [0, 0.05) is 24.6 Å². The average molecular weight is 611 g/mol. The molecule has 3 atom stereocenters. The summed E-state index contributed by atoms with van der Waals surface area (Å²) in [5, 5.41) is 11.6. The molecule has 1 heterocycles. The van der Waals surface area contributed by atoms with Crippen LogP contribution in [0, 0.1) is 5.92 Å². The molecule has 0 spiro atoms. The molecule has 1 saturated heterocycles. The molecule has 0 aromatic heterocycles. The van der Waals surface area contributed by atoms with Gasteiger partial charge in [-0.2, -0.15) is 0 Å². The van der Waals surface area contributed by atoms with Crippen molar-refractivity contribution in [2.45, 2.75) is 77.4 Å². The van der Waals surface area contributed by atoms with Crippen molar-refractivity contribution >= 4 is 35.2 Å². The number of hydrogen-bond donors (Lipinski definition) is 2. The van der Waals surface area contributed by atoms with Gasteiger partial charge in [0.25, 0.3) is 5.91 Å². The number of anilines is 1. The van der Waals surface area contributed by atoms with Gasteiger partial charge >= 0.3 is 11.9 Å². The molecule has 0 unspecified atom stereocenters. The molecule has 0 radical (unpaired) electrons. The zero-order valence-corrected chi connectivity index (χ0v) is 25.8. The number of methoxy groups -OCH3 is 2. The summed E-state index contributed by atoms with van der Waals surface area (Å²) in [6.07, 6.45) is 1.94. The number of Topliss-reactive ketones (excluding diaryl/α,β-unsaturated/α-hetero) is 1. The third-order valence-corrected chi connectivity index (χ3v) is 7.82. The Morgan fingerprint density at radius 1 is 1.00 bits per heavy atom. The lowest BCUT2D eigenvalue weighted by Gasteiger charge is -2.35. The molecule has 1 aliphatic heterocycles. The van der Waals surface area contributed by atoms with Crippen LogP contribution in [-0.2, 0) is 35.1 Å². The maximum atomic E-state index is 13.7. The number of amides is 2. The van der Waals surface area contributed by atoms with E-state index in [9.17, 15) is 24.0 Å². The summed E-state index contributed by atoms with van der Waals surface area (Å²) in [6.45, 7) is 3.84. The summed E-state index contributed by atoms with van der Waals surface area (Å²) in [5.41, 5.74) is 1.95. The molecule has 44 heavy (non-hydrogen) atoms. The summed E-state index contributed by atoms with van der Waals surface area (Å²) in [5.74, 6) is -2.58. The van der Waals surface area contributed by atoms with E-state index in [1.54, 1.807) is 51.5 Å². The molecule has 1 aliphatic rings. The number of carbonyl (C=O) groups is 5. The number of carbonyl (C=O) groups excluding carboxylic acids is 4. The number of aryl methyl sites for hydroxylation is 1. The van der Waals surface area contributed by atoms with Gasteiger partial charge in [0.15, 0.2) is 11.5 Å². The minimum atomic E-state index is -1.07. The molecule has 0 bridgehead atoms. The predicted molar refractivity (Wildman–Crippen MR) is 162 cm³/mol. The smallest absolute Gasteiger partial charge is 0.329 e. The van der Waals surface area contributed by atoms with Crippen LogP contribution in [0.3, 0.4) is 0 Å². The normalized spacial score (nSPS) is 15.9. The first-order valence-electron chi connectivity index (χ1n) is 15.0. The van der Waals surface area contributed by atoms with Crippen molar-refractivity contribution in [3.63, 3.8) is 0 Å². The highest BCUT2D eigenvalue weighted by atomic mass is 16.5. The van der Waals surface area contributed by atoms with Gasteiger partial charge in [-0.15, -0.1) is 0 Å². The Kier molecular flexibility index (Phi) is 12.7. The number of piperidine rings is 1. The fourth-order valence-electron chi connectivity index (χ4n) is 5.06. The van der Waals surface area contributed by atoms with Gasteiger partial charge in [-0.25, -0.2) is 4.79 Å². The number of hydrogen-bond acceptors (Lipinski definition) is 8. The predicted octanol–water partition coefficient (Wildman–Crippen LogP) is 4.72. The van der Waals surface area contributed by atoms with Crippen molar-refractivity contribution in [3.05, 3.63) is 53.6 Å². The Bertz CT molecular complexity index is 1340. The number of benzene rings is 2. The number of carboxylic acid groups (broad SMARTS) is 1. The van der Waals surface area contributed by atoms with E-state index in [1.165, 1.54) is 4.90 Å². The SMILES string of the molecule is CC[C@@H](C)C(=O)C(=O)N1CCCC[C@H]1C(=O)O[C@H](CCc1ccc(OC)c(OC)c1)c1cccc(NC(=O)CCC(=O)O)c1. The summed E-state index contributed by atoms with van der Waals surface area (Å²) in [7, 11) is 3.10. The highest BCUT2D eigenvalue weighted by Gasteiger charge is 2.38. The number of nitrogens with one attached hydrogen (secondary N) is 1. The van der Waals surface area contributed by atoms with Gasteiger partial charge < -0.3 is 29.5 Å². The molecule has 2 N–H and O–H groups in total. The molecule has 3 rings (SSSR count). The molecule has 11 heteroatoms. The monoisotopic (exact) mass is 610 g/mol. The summed E-state index contributed by atoms with van der Waals surface area (Å²) < 4.78 is 16.9. The quantitative estimate of drug-likeness (QED) is 0.216. The Morgan fingerprint density at radius 3 is 2.43 bits per heavy atom. The van der Waals surface area contributed by atoms with Gasteiger partial charge in [0.05, 0.1) is 20.6 Å². The van der Waals surface area contributed by atoms with Crippen molar-refractivity contribution in [2.75, 3.05) is 26.1 Å². The maximum Gasteiger partial charge on any atom is 0.329 e. The van der Waals surface area contributed by atoms with E-state index < -0.39 is 47.6 Å². The van der Waals surface area contributed by atoms with E-state index in [4.69, 9.17) is 19.3 Å². The molecular formula is C33H42N2O9. The number of aliphatic carboxylic acids is 1. The Hall–Kier alpha value is -4.41. The molecule has 11 nitrogen and oxygen atoms in total. The highest BCUT2D eigenvalue weighted by Crippen LogP contribution is 2.32. The number of rotatable bonds is 15. The molecule has 0 aliphatic carbocycles. The summed E-state index contributed by atoms with van der Waals surface area (Å²) >= 11 is 0. The van der Waals surface area contributed by atoms with E-state index in [0.717, 1.165) is 12.0 Å². The first-order valence-corrected chi connectivity index (χ1v) is 15.0. The van der Waals surface area contributed by atoms with Crippen LogP contribution in [0.2, 0.25) is 0 Å². The number of nitrogens with zero attached hydrogens (tertiary/aromatic N) is 1. The highest BCUT2D eigenvalue weighted by molar-refractivity contribution is 6.37. The molecule has 2 aromatic rings. The second-order valence-electron chi connectivity index (χ2n) is 10.9. The first-order chi connectivity index (χ1) is 21.1. The largest absolute Gasteiger partial charge is 0.493 e. The van der Waals surface area contributed by atoms with E-state index >= 15 is 0 Å². The van der Waals surface area contributed by atoms with Crippen LogP contribution in [0.4, 0.5) is 5.69 Å². The molecule has 2 amide bonds. The van der Waals surface area contributed by atoms with Crippen molar-refractivity contribution in [1.82, 2.24) is 4.90 Å². The van der Waals surface area contributed by atoms with E-state index in [2.05, 4.69) is 5.32 Å². The van der Waals surface area contributed by atoms with Gasteiger partial charge in [-0.1, -0.05) is 32.0 Å². The van der Waals surface area contributed by atoms with Crippen molar-refractivity contribution in [3.8, 4) is 11.5 Å². The molecule has 0 saturated carbocycles. The number of carboxylic acids is 1. The second-order valence-corrected chi connectivity index (χ2v) is 10.9. The van der Waals surface area contributed by atoms with E-state index in [1.807, 2.05) is 19.1 Å². The summed E-state index contributed by atoms with van der Waals surface area (Å²) in [4.78, 5) is 64.0. The van der Waals surface area contributed by atoms with Crippen LogP contribution in [0.15, 0.2) is 42.5 Å². The fourth-order valence-corrected chi connectivity index (χ4v) is 5.06. The number of ketones is 1. The molecule has 2 aromatic carbocycles. The zero-order valence-electron chi connectivity index (χ0n) is 25.8. The van der Waals surface area contributed by atoms with Crippen LogP contribution in [0.25, 0.3) is 0 Å². The van der Waals surface area contributed by atoms with Crippen LogP contribution < -0.4 is 14.8 Å². The Balaban J connectivity index is 1.86. The van der Waals surface area contributed by atoms with E-state index in [-0.39, 0.29) is 12.8 Å². The lowest BCUT2D eigenvalue weighted by Crippen LogP contribution is -2.52. The molecule has 238 valence electrons. The summed E-state index contributed by atoms with van der Waals surface area (Å²) in [6, 6.07) is 11.5. The minimum Gasteiger partial charge on any atom is -0.493 e. The average Bonchev–Trinajstić information content (AvgIpc) is 3.04. The van der Waals surface area contributed by atoms with Crippen LogP contribution in [-0.4, -0.2) is 66.3 Å². The third kappa shape index (κ3) is 9.29. The van der Waals surface area contributed by atoms with Crippen molar-refractivity contribution in [1.29, 1.82) is 0 Å². The first kappa shape index (κ1) is 34.1. The number of ether oxygens (including phenoxy) is 3. The van der Waals surface area contributed by atoms with Crippen molar-refractivity contribution < 1.29 is 43.3 Å². The van der Waals surface area contributed by atoms with Crippen LogP contribution in [0.5, 0.6) is 11.5 Å². The molecule has 1 fully saturated rings. The van der Waals surface area contributed by atoms with Gasteiger partial charge in [-0.05, 0) is 73.9 Å². The molecular weight excluding hydrogens is 568 g/mol. The number of likely N-dealkylation sites (tertiary alicyclic amines) is 1. The van der Waals surface area contributed by atoms with Gasteiger partial charge in [0.1, 0.15) is 12.1 Å². The minimum absolute atomic E-state index is 0.182. The van der Waals surface area contributed by atoms with Gasteiger partial charge in [-0.3, -0.25) is 19.2 Å². The lowest BCUT2D eigenvalue weighted by molar-refractivity contribution is -0.164. The topological polar surface area (TPSA) is 149 Å².